The minimum Gasteiger partial charge on any atom is -0.313 e. The highest BCUT2D eigenvalue weighted by atomic mass is 19.1. The van der Waals surface area contributed by atoms with Gasteiger partial charge in [-0.15, -0.1) is 0 Å². The van der Waals surface area contributed by atoms with Gasteiger partial charge in [-0.2, -0.15) is 0 Å². The van der Waals surface area contributed by atoms with Crippen molar-refractivity contribution in [3.8, 4) is 0 Å². The number of hydrogen-bond donors (Lipinski definition) is 1. The molecule has 2 atom stereocenters. The van der Waals surface area contributed by atoms with E-state index in [0.29, 0.717) is 5.69 Å². The van der Waals surface area contributed by atoms with Gasteiger partial charge in [0.15, 0.2) is 11.3 Å². The Labute approximate surface area is 150 Å². The number of amides is 1. The fourth-order valence-electron chi connectivity index (χ4n) is 3.59. The molecule has 0 aromatic heterocycles. The van der Waals surface area contributed by atoms with Crippen LogP contribution in [0.4, 0.5) is 14.5 Å². The number of carbonyl (C=O) groups excluding carboxylic acids is 2. The molecule has 1 aliphatic rings. The fraction of sp³-hybridized carbons (Fsp3) is 0.300. The standard InChI is InChI=1S/C20H20F2N2O2/c1-12-11-20(23,18(25)9-13-7-14(21)10-15(22)8-13)19(26)24(2)17-6-4-3-5-16(12)17/h3-8,10,12H,9,11,23H2,1-2H3. The first kappa shape index (κ1) is 18.2. The van der Waals surface area contributed by atoms with E-state index in [9.17, 15) is 18.4 Å². The highest BCUT2D eigenvalue weighted by Gasteiger charge is 2.47. The molecule has 0 fully saturated rings. The smallest absolute Gasteiger partial charge is 0.254 e. The maximum absolute atomic E-state index is 13.4. The number of rotatable bonds is 3. The number of nitrogens with two attached hydrogens (primary N) is 1. The van der Waals surface area contributed by atoms with Crippen LogP contribution in [0, 0.1) is 11.6 Å². The van der Waals surface area contributed by atoms with Gasteiger partial charge in [0.05, 0.1) is 0 Å². The second-order valence-electron chi connectivity index (χ2n) is 6.88. The van der Waals surface area contributed by atoms with Crippen molar-refractivity contribution in [3.63, 3.8) is 0 Å². The van der Waals surface area contributed by atoms with Gasteiger partial charge in [-0.3, -0.25) is 9.59 Å². The first-order chi connectivity index (χ1) is 12.2. The maximum atomic E-state index is 13.4. The maximum Gasteiger partial charge on any atom is 0.254 e. The number of Topliss-reactive ketones (excluding diaryl/α,β-unsaturated/α-hetero) is 1. The molecule has 2 N–H and O–H groups in total. The van der Waals surface area contributed by atoms with Crippen molar-refractivity contribution < 1.29 is 18.4 Å². The van der Waals surface area contributed by atoms with Crippen LogP contribution in [0.1, 0.15) is 30.4 Å². The van der Waals surface area contributed by atoms with Crippen LogP contribution >= 0.6 is 0 Å². The zero-order valence-corrected chi connectivity index (χ0v) is 14.6. The Morgan fingerprint density at radius 1 is 1.23 bits per heavy atom. The van der Waals surface area contributed by atoms with Gasteiger partial charge in [0, 0.05) is 25.2 Å². The zero-order chi connectivity index (χ0) is 19.1. The summed E-state index contributed by atoms with van der Waals surface area (Å²) in [5.41, 5.74) is 6.34. The summed E-state index contributed by atoms with van der Waals surface area (Å²) < 4.78 is 26.8. The molecule has 0 bridgehead atoms. The molecule has 6 heteroatoms. The van der Waals surface area contributed by atoms with E-state index in [1.807, 2.05) is 31.2 Å². The zero-order valence-electron chi connectivity index (χ0n) is 14.6. The third-order valence-corrected chi connectivity index (χ3v) is 4.93. The van der Waals surface area contributed by atoms with Gasteiger partial charge < -0.3 is 10.6 Å². The van der Waals surface area contributed by atoms with Crippen LogP contribution in [-0.2, 0) is 16.0 Å². The Bertz CT molecular complexity index is 864. The van der Waals surface area contributed by atoms with Crippen molar-refractivity contribution in [2.45, 2.75) is 31.2 Å². The van der Waals surface area contributed by atoms with E-state index >= 15 is 0 Å². The predicted octanol–water partition coefficient (Wildman–Crippen LogP) is 2.94. The lowest BCUT2D eigenvalue weighted by molar-refractivity contribution is -0.134. The van der Waals surface area contributed by atoms with E-state index in [1.165, 1.54) is 4.90 Å². The van der Waals surface area contributed by atoms with Crippen molar-refractivity contribution in [1.82, 2.24) is 0 Å². The number of anilines is 1. The van der Waals surface area contributed by atoms with Crippen molar-refractivity contribution in [2.24, 2.45) is 5.73 Å². The monoisotopic (exact) mass is 358 g/mol. The number of fused-ring (bicyclic) bond motifs is 1. The quantitative estimate of drug-likeness (QED) is 0.858. The highest BCUT2D eigenvalue weighted by molar-refractivity contribution is 6.17. The van der Waals surface area contributed by atoms with E-state index in [2.05, 4.69) is 0 Å². The summed E-state index contributed by atoms with van der Waals surface area (Å²) in [4.78, 5) is 27.3. The molecule has 0 saturated heterocycles. The third-order valence-electron chi connectivity index (χ3n) is 4.93. The molecular weight excluding hydrogens is 338 g/mol. The number of likely N-dealkylation sites (N-methyl/N-ethyl adjacent to an activating group) is 1. The Hall–Kier alpha value is -2.60. The highest BCUT2D eigenvalue weighted by Crippen LogP contribution is 2.37. The summed E-state index contributed by atoms with van der Waals surface area (Å²) in [5, 5.41) is 0. The van der Waals surface area contributed by atoms with Gasteiger partial charge in [-0.25, -0.2) is 8.78 Å². The van der Waals surface area contributed by atoms with Crippen molar-refractivity contribution in [2.75, 3.05) is 11.9 Å². The van der Waals surface area contributed by atoms with Crippen molar-refractivity contribution >= 4 is 17.4 Å². The Morgan fingerprint density at radius 2 is 1.85 bits per heavy atom. The largest absolute Gasteiger partial charge is 0.313 e. The Kier molecular flexibility index (Phi) is 4.63. The number of hydrogen-bond acceptors (Lipinski definition) is 3. The second kappa shape index (κ2) is 6.61. The average Bonchev–Trinajstić information content (AvgIpc) is 2.65. The molecule has 1 heterocycles. The summed E-state index contributed by atoms with van der Waals surface area (Å²) in [6.45, 7) is 1.90. The molecule has 136 valence electrons. The normalized spacial score (nSPS) is 22.7. The number of benzene rings is 2. The summed E-state index contributed by atoms with van der Waals surface area (Å²) in [6.07, 6.45) is -0.183. The minimum absolute atomic E-state index is 0.127. The van der Waals surface area contributed by atoms with E-state index < -0.39 is 28.9 Å². The number of para-hydroxylation sites is 1. The molecule has 1 amide bonds. The third kappa shape index (κ3) is 3.12. The van der Waals surface area contributed by atoms with E-state index in [4.69, 9.17) is 5.73 Å². The summed E-state index contributed by atoms with van der Waals surface area (Å²) in [7, 11) is 1.58. The summed E-state index contributed by atoms with van der Waals surface area (Å²) in [6, 6.07) is 10.3. The lowest BCUT2D eigenvalue weighted by Gasteiger charge is -2.29. The molecule has 4 nitrogen and oxygen atoms in total. The first-order valence-electron chi connectivity index (χ1n) is 8.36. The van der Waals surface area contributed by atoms with Crippen LogP contribution in [-0.4, -0.2) is 24.3 Å². The van der Waals surface area contributed by atoms with Crippen molar-refractivity contribution in [3.05, 3.63) is 65.2 Å². The molecule has 2 aromatic rings. The SMILES string of the molecule is CC1CC(N)(C(=O)Cc2cc(F)cc(F)c2)C(=O)N(C)c2ccccc21. The van der Waals surface area contributed by atoms with Gasteiger partial charge in [-0.05, 0) is 41.7 Å². The molecule has 0 saturated carbocycles. The van der Waals surface area contributed by atoms with Gasteiger partial charge in [0.2, 0.25) is 0 Å². The van der Waals surface area contributed by atoms with Gasteiger partial charge >= 0.3 is 0 Å². The van der Waals surface area contributed by atoms with E-state index in [-0.39, 0.29) is 24.3 Å². The van der Waals surface area contributed by atoms with E-state index in [1.54, 1.807) is 7.05 Å². The second-order valence-corrected chi connectivity index (χ2v) is 6.88. The van der Waals surface area contributed by atoms with Gasteiger partial charge in [0.25, 0.3) is 5.91 Å². The Balaban J connectivity index is 1.95. The molecule has 2 unspecified atom stereocenters. The predicted molar refractivity (Wildman–Crippen MR) is 94.9 cm³/mol. The van der Waals surface area contributed by atoms with Gasteiger partial charge in [0.1, 0.15) is 11.6 Å². The fourth-order valence-corrected chi connectivity index (χ4v) is 3.59. The first-order valence-corrected chi connectivity index (χ1v) is 8.36. The van der Waals surface area contributed by atoms with Crippen LogP contribution in [0.3, 0.4) is 0 Å². The lowest BCUT2D eigenvalue weighted by Crippen LogP contribution is -2.60. The molecule has 3 rings (SSSR count). The number of halogens is 2. The topological polar surface area (TPSA) is 63.4 Å². The van der Waals surface area contributed by atoms with Gasteiger partial charge in [-0.1, -0.05) is 25.1 Å². The number of nitrogens with zero attached hydrogens (tertiary/aromatic N) is 1. The molecule has 0 aliphatic carbocycles. The van der Waals surface area contributed by atoms with Crippen LogP contribution in [0.25, 0.3) is 0 Å². The van der Waals surface area contributed by atoms with Crippen LogP contribution in [0.2, 0.25) is 0 Å². The van der Waals surface area contributed by atoms with E-state index in [0.717, 1.165) is 23.8 Å². The Morgan fingerprint density at radius 3 is 2.50 bits per heavy atom. The average molecular weight is 358 g/mol. The summed E-state index contributed by atoms with van der Waals surface area (Å²) in [5.74, 6) is -2.75. The minimum atomic E-state index is -1.75. The molecule has 2 aromatic carbocycles. The van der Waals surface area contributed by atoms with Crippen LogP contribution < -0.4 is 10.6 Å². The number of carbonyl (C=O) groups is 2. The molecular formula is C20H20F2N2O2. The van der Waals surface area contributed by atoms with Crippen LogP contribution in [0.15, 0.2) is 42.5 Å². The van der Waals surface area contributed by atoms with Crippen LogP contribution in [0.5, 0.6) is 0 Å². The molecule has 0 radical (unpaired) electrons. The van der Waals surface area contributed by atoms with Crippen molar-refractivity contribution in [1.29, 1.82) is 0 Å². The molecule has 26 heavy (non-hydrogen) atoms. The lowest BCUT2D eigenvalue weighted by atomic mass is 9.81. The molecule has 1 aliphatic heterocycles. The number of ketones is 1. The molecule has 0 spiro atoms. The summed E-state index contributed by atoms with van der Waals surface area (Å²) >= 11 is 0.